The minimum absolute atomic E-state index is 0.0582. The predicted molar refractivity (Wildman–Crippen MR) is 93.4 cm³/mol. The van der Waals surface area contributed by atoms with Gasteiger partial charge >= 0.3 is 0 Å². The minimum atomic E-state index is -0.196. The first-order valence-electron chi connectivity index (χ1n) is 7.75. The Morgan fingerprint density at radius 1 is 1.05 bits per heavy atom. The van der Waals surface area contributed by atoms with Gasteiger partial charge < -0.3 is 10.4 Å². The lowest BCUT2D eigenvalue weighted by molar-refractivity contribution is -0.120. The monoisotopic (exact) mass is 321 g/mol. The molecule has 1 heterocycles. The van der Waals surface area contributed by atoms with Crippen molar-refractivity contribution >= 4 is 17.7 Å². The van der Waals surface area contributed by atoms with Crippen molar-refractivity contribution in [2.75, 3.05) is 0 Å². The highest BCUT2D eigenvalue weighted by Crippen LogP contribution is 2.44. The van der Waals surface area contributed by atoms with Gasteiger partial charge in [-0.05, 0) is 46.6 Å². The van der Waals surface area contributed by atoms with E-state index in [1.807, 2.05) is 19.1 Å². The van der Waals surface area contributed by atoms with Crippen molar-refractivity contribution in [1.82, 2.24) is 5.32 Å². The van der Waals surface area contributed by atoms with Crippen molar-refractivity contribution in [3.8, 4) is 5.75 Å². The largest absolute Gasteiger partial charge is 0.507 e. The summed E-state index contributed by atoms with van der Waals surface area (Å²) in [6, 6.07) is 4.00. The molecule has 0 bridgehead atoms. The van der Waals surface area contributed by atoms with Crippen LogP contribution in [0, 0.1) is 0 Å². The fourth-order valence-corrected chi connectivity index (χ4v) is 3.83. The number of phenolic OH excluding ortho intramolecular Hbond substituents is 1. The first-order chi connectivity index (χ1) is 9.91. The average Bonchev–Trinajstić information content (AvgIpc) is 2.65. The number of hydrogen-bond acceptors (Lipinski definition) is 3. The first-order valence-corrected chi connectivity index (χ1v) is 8.69. The summed E-state index contributed by atoms with van der Waals surface area (Å²) in [7, 11) is 0. The van der Waals surface area contributed by atoms with E-state index in [0.717, 1.165) is 16.7 Å². The van der Waals surface area contributed by atoms with Crippen LogP contribution in [0.25, 0.3) is 0 Å². The lowest BCUT2D eigenvalue weighted by Gasteiger charge is -2.28. The maximum absolute atomic E-state index is 12.2. The zero-order valence-corrected chi connectivity index (χ0v) is 15.4. The van der Waals surface area contributed by atoms with Crippen LogP contribution < -0.4 is 5.32 Å². The summed E-state index contributed by atoms with van der Waals surface area (Å²) < 4.78 is 0. The van der Waals surface area contributed by atoms with Gasteiger partial charge in [0, 0.05) is 0 Å². The van der Waals surface area contributed by atoms with Crippen molar-refractivity contribution < 1.29 is 9.90 Å². The van der Waals surface area contributed by atoms with Crippen molar-refractivity contribution in [2.24, 2.45) is 0 Å². The number of nitrogens with one attached hydrogen (secondary N) is 1. The van der Waals surface area contributed by atoms with E-state index in [1.54, 1.807) is 11.8 Å². The number of benzene rings is 1. The standard InChI is InChI=1S/C18H27NO2S/c1-10-19-16(21)15(22-10)11-8-12(17(2,3)4)14(20)13(9-11)18(5,6)7/h8-10,15,20H,1-7H3,(H,19,21). The second kappa shape index (κ2) is 5.48. The van der Waals surface area contributed by atoms with Gasteiger partial charge in [-0.2, -0.15) is 0 Å². The number of thioether (sulfide) groups is 1. The molecule has 3 nitrogen and oxygen atoms in total. The van der Waals surface area contributed by atoms with Crippen LogP contribution in [0.2, 0.25) is 0 Å². The number of rotatable bonds is 1. The summed E-state index contributed by atoms with van der Waals surface area (Å²) in [6.07, 6.45) is 0. The maximum Gasteiger partial charge on any atom is 0.238 e. The average molecular weight is 321 g/mol. The topological polar surface area (TPSA) is 49.3 Å². The van der Waals surface area contributed by atoms with Crippen LogP contribution in [0.5, 0.6) is 5.75 Å². The van der Waals surface area contributed by atoms with Crippen LogP contribution in [0.3, 0.4) is 0 Å². The molecule has 22 heavy (non-hydrogen) atoms. The number of carbonyl (C=O) groups excluding carboxylic acids is 1. The highest BCUT2D eigenvalue weighted by Gasteiger charge is 2.34. The van der Waals surface area contributed by atoms with E-state index in [0.29, 0.717) is 5.75 Å². The lowest BCUT2D eigenvalue weighted by atomic mass is 9.78. The van der Waals surface area contributed by atoms with Gasteiger partial charge in [-0.25, -0.2) is 0 Å². The molecule has 0 aliphatic carbocycles. The molecule has 0 spiro atoms. The molecule has 2 unspecified atom stereocenters. The Hall–Kier alpha value is -1.16. The van der Waals surface area contributed by atoms with E-state index in [9.17, 15) is 9.90 Å². The first kappa shape index (κ1) is 17.2. The van der Waals surface area contributed by atoms with Gasteiger partial charge in [-0.15, -0.1) is 11.8 Å². The summed E-state index contributed by atoms with van der Waals surface area (Å²) in [6.45, 7) is 14.5. The van der Waals surface area contributed by atoms with E-state index in [2.05, 4.69) is 46.9 Å². The van der Waals surface area contributed by atoms with Gasteiger partial charge in [-0.1, -0.05) is 41.5 Å². The van der Waals surface area contributed by atoms with Crippen LogP contribution in [-0.2, 0) is 15.6 Å². The predicted octanol–water partition coefficient (Wildman–Crippen LogP) is 4.24. The van der Waals surface area contributed by atoms with E-state index in [4.69, 9.17) is 0 Å². The van der Waals surface area contributed by atoms with Gasteiger partial charge in [-0.3, -0.25) is 4.79 Å². The third kappa shape index (κ3) is 3.27. The molecule has 122 valence electrons. The van der Waals surface area contributed by atoms with E-state index >= 15 is 0 Å². The normalized spacial score (nSPS) is 22.8. The number of hydrogen-bond donors (Lipinski definition) is 2. The highest BCUT2D eigenvalue weighted by molar-refractivity contribution is 8.01. The molecule has 0 aromatic heterocycles. The molecule has 2 N–H and O–H groups in total. The van der Waals surface area contributed by atoms with Crippen molar-refractivity contribution in [2.45, 2.75) is 69.9 Å². The summed E-state index contributed by atoms with van der Waals surface area (Å²) in [4.78, 5) is 12.2. The molecule has 1 aliphatic heterocycles. The summed E-state index contributed by atoms with van der Waals surface area (Å²) in [5, 5.41) is 13.6. The quantitative estimate of drug-likeness (QED) is 0.813. The zero-order chi connectivity index (χ0) is 16.9. The number of phenols is 1. The smallest absolute Gasteiger partial charge is 0.238 e. The molecule has 4 heteroatoms. The van der Waals surface area contributed by atoms with E-state index in [-0.39, 0.29) is 27.4 Å². The zero-order valence-electron chi connectivity index (χ0n) is 14.6. The number of amides is 1. The third-order valence-electron chi connectivity index (χ3n) is 3.97. The van der Waals surface area contributed by atoms with Gasteiger partial charge in [0.05, 0.1) is 5.37 Å². The summed E-state index contributed by atoms with van der Waals surface area (Å²) in [5.74, 6) is 0.420. The van der Waals surface area contributed by atoms with Crippen molar-refractivity contribution in [1.29, 1.82) is 0 Å². The molecule has 1 fully saturated rings. The molecule has 2 rings (SSSR count). The van der Waals surface area contributed by atoms with Crippen molar-refractivity contribution in [3.05, 3.63) is 28.8 Å². The fraction of sp³-hybridized carbons (Fsp3) is 0.611. The Balaban J connectivity index is 2.63. The highest BCUT2D eigenvalue weighted by atomic mass is 32.2. The molecule has 1 saturated heterocycles. The Morgan fingerprint density at radius 2 is 1.50 bits per heavy atom. The second-order valence-electron chi connectivity index (χ2n) is 8.13. The molecule has 2 atom stereocenters. The third-order valence-corrected chi connectivity index (χ3v) is 5.26. The van der Waals surface area contributed by atoms with Gasteiger partial charge in [0.15, 0.2) is 0 Å². The van der Waals surface area contributed by atoms with E-state index < -0.39 is 0 Å². The SMILES string of the molecule is CC1NC(=O)C(c2cc(C(C)(C)C)c(O)c(C(C)(C)C)c2)S1. The van der Waals surface area contributed by atoms with Crippen LogP contribution in [0.15, 0.2) is 12.1 Å². The van der Waals surface area contributed by atoms with Gasteiger partial charge in [0.1, 0.15) is 11.0 Å². The molecule has 1 aromatic carbocycles. The number of carbonyl (C=O) groups is 1. The number of aromatic hydroxyl groups is 1. The van der Waals surface area contributed by atoms with Gasteiger partial charge in [0.2, 0.25) is 5.91 Å². The molecular weight excluding hydrogens is 294 g/mol. The van der Waals surface area contributed by atoms with Crippen LogP contribution in [0.1, 0.15) is 70.4 Å². The molecule has 1 aromatic rings. The molecule has 1 aliphatic rings. The Bertz CT molecular complexity index is 561. The Labute approximate surface area is 137 Å². The van der Waals surface area contributed by atoms with Crippen LogP contribution in [0.4, 0.5) is 0 Å². The second-order valence-corrected chi connectivity index (χ2v) is 9.58. The van der Waals surface area contributed by atoms with Crippen LogP contribution >= 0.6 is 11.8 Å². The Morgan fingerprint density at radius 3 is 1.82 bits per heavy atom. The van der Waals surface area contributed by atoms with E-state index in [1.165, 1.54) is 0 Å². The molecule has 0 radical (unpaired) electrons. The maximum atomic E-state index is 12.2. The summed E-state index contributed by atoms with van der Waals surface area (Å²) in [5.41, 5.74) is 2.45. The van der Waals surface area contributed by atoms with Crippen LogP contribution in [-0.4, -0.2) is 16.4 Å². The minimum Gasteiger partial charge on any atom is -0.507 e. The van der Waals surface area contributed by atoms with Crippen molar-refractivity contribution in [3.63, 3.8) is 0 Å². The fourth-order valence-electron chi connectivity index (χ4n) is 2.76. The Kier molecular flexibility index (Phi) is 4.29. The lowest BCUT2D eigenvalue weighted by Crippen LogP contribution is -2.24. The van der Waals surface area contributed by atoms with Gasteiger partial charge in [0.25, 0.3) is 0 Å². The molecule has 1 amide bonds. The molecular formula is C18H27NO2S. The summed E-state index contributed by atoms with van der Waals surface area (Å²) >= 11 is 1.63. The molecule has 0 saturated carbocycles.